The zero-order valence-electron chi connectivity index (χ0n) is 8.84. The minimum absolute atomic E-state index is 0.0242. The van der Waals surface area contributed by atoms with Gasteiger partial charge in [0.25, 0.3) is 5.92 Å². The van der Waals surface area contributed by atoms with Crippen LogP contribution in [0.1, 0.15) is 12.8 Å². The van der Waals surface area contributed by atoms with E-state index in [2.05, 4.69) is 10.6 Å². The third-order valence-corrected chi connectivity index (χ3v) is 2.55. The molecule has 1 aromatic rings. The van der Waals surface area contributed by atoms with Crippen LogP contribution >= 0.6 is 0 Å². The summed E-state index contributed by atoms with van der Waals surface area (Å²) in [5.41, 5.74) is 0.0242. The molecule has 0 atom stereocenters. The first-order valence-electron chi connectivity index (χ1n) is 5.16. The van der Waals surface area contributed by atoms with Gasteiger partial charge in [0.1, 0.15) is 5.82 Å². The molecule has 0 bridgehead atoms. The van der Waals surface area contributed by atoms with Crippen molar-refractivity contribution in [2.45, 2.75) is 24.8 Å². The molecule has 1 saturated carbocycles. The van der Waals surface area contributed by atoms with Gasteiger partial charge in [-0.2, -0.15) is 0 Å². The molecule has 0 aromatic heterocycles. The van der Waals surface area contributed by atoms with Crippen LogP contribution in [0.3, 0.4) is 0 Å². The SMILES string of the molecule is O=C(Nc1ccccc1F)NC1CC(F)(F)C1. The van der Waals surface area contributed by atoms with Crippen LogP contribution in [-0.2, 0) is 0 Å². The molecule has 2 rings (SSSR count). The molecule has 0 saturated heterocycles. The summed E-state index contributed by atoms with van der Waals surface area (Å²) >= 11 is 0. The molecular weight excluding hydrogens is 233 g/mol. The smallest absolute Gasteiger partial charge is 0.319 e. The van der Waals surface area contributed by atoms with Crippen molar-refractivity contribution in [3.8, 4) is 0 Å². The van der Waals surface area contributed by atoms with Gasteiger partial charge in [0.15, 0.2) is 0 Å². The second-order valence-electron chi connectivity index (χ2n) is 4.04. The highest BCUT2D eigenvalue weighted by atomic mass is 19.3. The molecule has 2 amide bonds. The van der Waals surface area contributed by atoms with Gasteiger partial charge >= 0.3 is 6.03 Å². The van der Waals surface area contributed by atoms with E-state index in [0.29, 0.717) is 0 Å². The van der Waals surface area contributed by atoms with Crippen molar-refractivity contribution in [1.29, 1.82) is 0 Å². The van der Waals surface area contributed by atoms with Crippen molar-refractivity contribution in [2.24, 2.45) is 0 Å². The van der Waals surface area contributed by atoms with Crippen LogP contribution < -0.4 is 10.6 Å². The second-order valence-corrected chi connectivity index (χ2v) is 4.04. The van der Waals surface area contributed by atoms with Crippen LogP contribution in [0.5, 0.6) is 0 Å². The maximum Gasteiger partial charge on any atom is 0.319 e. The molecule has 1 fully saturated rings. The number of alkyl halides is 2. The molecule has 1 aromatic carbocycles. The number of urea groups is 1. The molecule has 92 valence electrons. The van der Waals surface area contributed by atoms with Gasteiger partial charge in [0, 0.05) is 18.9 Å². The van der Waals surface area contributed by atoms with E-state index in [-0.39, 0.29) is 18.5 Å². The summed E-state index contributed by atoms with van der Waals surface area (Å²) in [6, 6.07) is 4.44. The van der Waals surface area contributed by atoms with Crippen molar-refractivity contribution >= 4 is 11.7 Å². The summed E-state index contributed by atoms with van der Waals surface area (Å²) in [5.74, 6) is -3.25. The summed E-state index contributed by atoms with van der Waals surface area (Å²) in [4.78, 5) is 11.3. The van der Waals surface area contributed by atoms with E-state index >= 15 is 0 Å². The summed E-state index contributed by atoms with van der Waals surface area (Å²) < 4.78 is 38.1. The van der Waals surface area contributed by atoms with Crippen LogP contribution in [0, 0.1) is 5.82 Å². The standard InChI is InChI=1S/C11H11F3N2O/c12-8-3-1-2-4-9(8)16-10(17)15-7-5-11(13,14)6-7/h1-4,7H,5-6H2,(H2,15,16,17). The van der Waals surface area contributed by atoms with Crippen molar-refractivity contribution in [1.82, 2.24) is 5.32 Å². The number of anilines is 1. The van der Waals surface area contributed by atoms with E-state index in [9.17, 15) is 18.0 Å². The van der Waals surface area contributed by atoms with Gasteiger partial charge in [-0.3, -0.25) is 0 Å². The van der Waals surface area contributed by atoms with Gasteiger partial charge in [0.2, 0.25) is 0 Å². The van der Waals surface area contributed by atoms with Crippen LogP contribution in [0.2, 0.25) is 0 Å². The topological polar surface area (TPSA) is 41.1 Å². The lowest BCUT2D eigenvalue weighted by Crippen LogP contribution is -2.51. The molecule has 2 N–H and O–H groups in total. The van der Waals surface area contributed by atoms with Gasteiger partial charge in [-0.05, 0) is 12.1 Å². The zero-order chi connectivity index (χ0) is 12.5. The predicted molar refractivity (Wildman–Crippen MR) is 56.5 cm³/mol. The van der Waals surface area contributed by atoms with Crippen LogP contribution in [0.15, 0.2) is 24.3 Å². The van der Waals surface area contributed by atoms with Gasteiger partial charge in [-0.15, -0.1) is 0 Å². The minimum atomic E-state index is -2.68. The first kappa shape index (κ1) is 11.8. The number of benzene rings is 1. The van der Waals surface area contributed by atoms with Gasteiger partial charge in [-0.1, -0.05) is 12.1 Å². The fourth-order valence-electron chi connectivity index (χ4n) is 1.67. The molecule has 1 aliphatic rings. The number of amides is 2. The number of nitrogens with one attached hydrogen (secondary N) is 2. The number of hydrogen-bond donors (Lipinski definition) is 2. The van der Waals surface area contributed by atoms with E-state index in [4.69, 9.17) is 0 Å². The van der Waals surface area contributed by atoms with Crippen LogP contribution in [-0.4, -0.2) is 18.0 Å². The first-order chi connectivity index (χ1) is 7.96. The average Bonchev–Trinajstić information content (AvgIpc) is 2.18. The highest BCUT2D eigenvalue weighted by molar-refractivity contribution is 5.89. The number of carbonyl (C=O) groups is 1. The van der Waals surface area contributed by atoms with Crippen LogP contribution in [0.25, 0.3) is 0 Å². The Morgan fingerprint density at radius 2 is 1.94 bits per heavy atom. The monoisotopic (exact) mass is 244 g/mol. The zero-order valence-corrected chi connectivity index (χ0v) is 8.84. The largest absolute Gasteiger partial charge is 0.335 e. The molecular formula is C11H11F3N2O. The molecule has 0 spiro atoms. The average molecular weight is 244 g/mol. The predicted octanol–water partition coefficient (Wildman–Crippen LogP) is 2.74. The first-order valence-corrected chi connectivity index (χ1v) is 5.16. The number of hydrogen-bond acceptors (Lipinski definition) is 1. The molecule has 0 aliphatic heterocycles. The molecule has 0 unspecified atom stereocenters. The Balaban J connectivity index is 1.85. The Kier molecular flexibility index (Phi) is 2.95. The number of rotatable bonds is 2. The summed E-state index contributed by atoms with van der Waals surface area (Å²) in [7, 11) is 0. The van der Waals surface area contributed by atoms with Gasteiger partial charge in [-0.25, -0.2) is 18.0 Å². The lowest BCUT2D eigenvalue weighted by atomic mass is 9.88. The Labute approximate surface area is 96.0 Å². The quantitative estimate of drug-likeness (QED) is 0.825. The second kappa shape index (κ2) is 4.27. The third kappa shape index (κ3) is 2.89. The van der Waals surface area contributed by atoms with Crippen molar-refractivity contribution in [3.05, 3.63) is 30.1 Å². The Hall–Kier alpha value is -1.72. The van der Waals surface area contributed by atoms with Crippen molar-refractivity contribution < 1.29 is 18.0 Å². The Morgan fingerprint density at radius 1 is 1.29 bits per heavy atom. The van der Waals surface area contributed by atoms with E-state index in [1.807, 2.05) is 0 Å². The highest BCUT2D eigenvalue weighted by Crippen LogP contribution is 2.37. The number of para-hydroxylation sites is 1. The summed E-state index contributed by atoms with van der Waals surface area (Å²) in [6.07, 6.45) is -0.727. The fraction of sp³-hybridized carbons (Fsp3) is 0.364. The molecule has 6 heteroatoms. The highest BCUT2D eigenvalue weighted by Gasteiger charge is 2.45. The van der Waals surface area contributed by atoms with E-state index in [1.165, 1.54) is 18.2 Å². The van der Waals surface area contributed by atoms with Gasteiger partial charge in [0.05, 0.1) is 5.69 Å². The van der Waals surface area contributed by atoms with E-state index in [1.54, 1.807) is 6.07 Å². The maximum atomic E-state index is 13.1. The minimum Gasteiger partial charge on any atom is -0.335 e. The fourth-order valence-corrected chi connectivity index (χ4v) is 1.67. The van der Waals surface area contributed by atoms with E-state index < -0.39 is 23.8 Å². The Bertz CT molecular complexity index is 428. The number of carbonyl (C=O) groups excluding carboxylic acids is 1. The normalized spacial score (nSPS) is 18.3. The van der Waals surface area contributed by atoms with Crippen LogP contribution in [0.4, 0.5) is 23.7 Å². The number of halogens is 3. The lowest BCUT2D eigenvalue weighted by molar-refractivity contribution is -0.0893. The molecule has 17 heavy (non-hydrogen) atoms. The Morgan fingerprint density at radius 3 is 2.53 bits per heavy atom. The molecule has 0 radical (unpaired) electrons. The lowest BCUT2D eigenvalue weighted by Gasteiger charge is -2.35. The van der Waals surface area contributed by atoms with Crippen molar-refractivity contribution in [2.75, 3.05) is 5.32 Å². The van der Waals surface area contributed by atoms with E-state index in [0.717, 1.165) is 0 Å². The summed E-state index contributed by atoms with van der Waals surface area (Å²) in [5, 5.41) is 4.62. The maximum absolute atomic E-state index is 13.1. The van der Waals surface area contributed by atoms with Crippen molar-refractivity contribution in [3.63, 3.8) is 0 Å². The third-order valence-electron chi connectivity index (χ3n) is 2.55. The summed E-state index contributed by atoms with van der Waals surface area (Å²) in [6.45, 7) is 0. The molecule has 0 heterocycles. The molecule has 3 nitrogen and oxygen atoms in total. The molecule has 1 aliphatic carbocycles. The van der Waals surface area contributed by atoms with Gasteiger partial charge < -0.3 is 10.6 Å².